The van der Waals surface area contributed by atoms with E-state index in [4.69, 9.17) is 17.3 Å². The van der Waals surface area contributed by atoms with Gasteiger partial charge in [-0.15, -0.1) is 0 Å². The van der Waals surface area contributed by atoms with Crippen LogP contribution in [0.4, 0.5) is 5.69 Å². The van der Waals surface area contributed by atoms with Crippen LogP contribution in [0.5, 0.6) is 0 Å². The first-order valence-electron chi connectivity index (χ1n) is 4.28. The zero-order valence-corrected chi connectivity index (χ0v) is 8.25. The highest BCUT2D eigenvalue weighted by molar-refractivity contribution is 6.30. The number of H-pyrrole nitrogens is 1. The van der Waals surface area contributed by atoms with Crippen molar-refractivity contribution in [1.82, 2.24) is 9.97 Å². The number of hydrogen-bond acceptors (Lipinski definition) is 2. The lowest BCUT2D eigenvalue weighted by Crippen LogP contribution is -1.96. The fraction of sp³-hybridized carbons (Fsp3) is 0.100. The predicted octanol–water partition coefficient (Wildman–Crippen LogP) is 2.24. The van der Waals surface area contributed by atoms with Crippen LogP contribution in [-0.4, -0.2) is 9.97 Å². The SMILES string of the molecule is Nc1cc(Cl)ccc1Cc1ncc[nH]1. The molecule has 1 heterocycles. The third-order valence-electron chi connectivity index (χ3n) is 2.02. The summed E-state index contributed by atoms with van der Waals surface area (Å²) in [7, 11) is 0. The molecular formula is C10H10ClN3. The monoisotopic (exact) mass is 207 g/mol. The smallest absolute Gasteiger partial charge is 0.110 e. The van der Waals surface area contributed by atoms with E-state index in [-0.39, 0.29) is 0 Å². The van der Waals surface area contributed by atoms with E-state index in [1.807, 2.05) is 12.1 Å². The van der Waals surface area contributed by atoms with Crippen LogP contribution in [0, 0.1) is 0 Å². The number of anilines is 1. The molecule has 0 aliphatic heterocycles. The van der Waals surface area contributed by atoms with E-state index in [9.17, 15) is 0 Å². The molecule has 0 aliphatic rings. The molecule has 0 atom stereocenters. The van der Waals surface area contributed by atoms with Gasteiger partial charge in [-0.25, -0.2) is 4.98 Å². The summed E-state index contributed by atoms with van der Waals surface area (Å²) in [4.78, 5) is 7.16. The Morgan fingerprint density at radius 2 is 2.29 bits per heavy atom. The number of imidazole rings is 1. The minimum Gasteiger partial charge on any atom is -0.398 e. The minimum atomic E-state index is 0.658. The van der Waals surface area contributed by atoms with Gasteiger partial charge in [0.2, 0.25) is 0 Å². The number of nitrogen functional groups attached to an aromatic ring is 1. The Kier molecular flexibility index (Phi) is 2.41. The highest BCUT2D eigenvalue weighted by atomic mass is 35.5. The van der Waals surface area contributed by atoms with Gasteiger partial charge < -0.3 is 10.7 Å². The minimum absolute atomic E-state index is 0.658. The molecule has 0 fully saturated rings. The highest BCUT2D eigenvalue weighted by Gasteiger charge is 2.02. The molecule has 1 aromatic carbocycles. The number of aromatic nitrogens is 2. The fourth-order valence-corrected chi connectivity index (χ4v) is 1.48. The van der Waals surface area contributed by atoms with Gasteiger partial charge in [0, 0.05) is 29.5 Å². The summed E-state index contributed by atoms with van der Waals surface area (Å²) >= 11 is 5.80. The summed E-state index contributed by atoms with van der Waals surface area (Å²) in [5.74, 6) is 0.902. The molecule has 0 bridgehead atoms. The zero-order valence-electron chi connectivity index (χ0n) is 7.50. The van der Waals surface area contributed by atoms with Crippen LogP contribution in [0.3, 0.4) is 0 Å². The van der Waals surface area contributed by atoms with Crippen LogP contribution in [0.1, 0.15) is 11.4 Å². The Labute approximate surface area is 86.9 Å². The van der Waals surface area contributed by atoms with E-state index >= 15 is 0 Å². The summed E-state index contributed by atoms with van der Waals surface area (Å²) in [6.45, 7) is 0. The van der Waals surface area contributed by atoms with Crippen molar-refractivity contribution in [2.24, 2.45) is 0 Å². The van der Waals surface area contributed by atoms with E-state index in [0.29, 0.717) is 17.1 Å². The number of halogens is 1. The molecule has 4 heteroatoms. The average molecular weight is 208 g/mol. The quantitative estimate of drug-likeness (QED) is 0.743. The van der Waals surface area contributed by atoms with Crippen molar-refractivity contribution < 1.29 is 0 Å². The lowest BCUT2D eigenvalue weighted by Gasteiger charge is -2.03. The highest BCUT2D eigenvalue weighted by Crippen LogP contribution is 2.19. The van der Waals surface area contributed by atoms with Crippen LogP contribution in [0.2, 0.25) is 5.02 Å². The van der Waals surface area contributed by atoms with E-state index in [1.54, 1.807) is 18.5 Å². The number of nitrogens with one attached hydrogen (secondary N) is 1. The van der Waals surface area contributed by atoms with E-state index in [1.165, 1.54) is 0 Å². The molecule has 72 valence electrons. The number of benzene rings is 1. The second-order valence-corrected chi connectivity index (χ2v) is 3.49. The van der Waals surface area contributed by atoms with E-state index < -0.39 is 0 Å². The normalized spacial score (nSPS) is 10.4. The fourth-order valence-electron chi connectivity index (χ4n) is 1.30. The molecule has 2 rings (SSSR count). The van der Waals surface area contributed by atoms with Crippen molar-refractivity contribution in [2.75, 3.05) is 5.73 Å². The third-order valence-corrected chi connectivity index (χ3v) is 2.26. The molecule has 0 amide bonds. The van der Waals surface area contributed by atoms with Crippen LogP contribution in [-0.2, 0) is 6.42 Å². The number of hydrogen-bond donors (Lipinski definition) is 2. The van der Waals surface area contributed by atoms with Crippen molar-refractivity contribution in [3.8, 4) is 0 Å². The molecule has 2 aromatic rings. The summed E-state index contributed by atoms with van der Waals surface area (Å²) in [6.07, 6.45) is 4.22. The van der Waals surface area contributed by atoms with Gasteiger partial charge in [0.15, 0.2) is 0 Å². The summed E-state index contributed by atoms with van der Waals surface area (Å²) < 4.78 is 0. The van der Waals surface area contributed by atoms with Gasteiger partial charge in [-0.05, 0) is 17.7 Å². The van der Waals surface area contributed by atoms with Gasteiger partial charge in [0.25, 0.3) is 0 Å². The van der Waals surface area contributed by atoms with Crippen molar-refractivity contribution in [3.05, 3.63) is 47.0 Å². The molecule has 0 radical (unpaired) electrons. The molecule has 1 aromatic heterocycles. The van der Waals surface area contributed by atoms with Crippen molar-refractivity contribution >= 4 is 17.3 Å². The molecule has 3 N–H and O–H groups in total. The average Bonchev–Trinajstić information content (AvgIpc) is 2.62. The van der Waals surface area contributed by atoms with Gasteiger partial charge in [0.05, 0.1) is 0 Å². The van der Waals surface area contributed by atoms with Crippen LogP contribution in [0.15, 0.2) is 30.6 Å². The Hall–Kier alpha value is -1.48. The topological polar surface area (TPSA) is 54.7 Å². The molecule has 0 saturated heterocycles. The van der Waals surface area contributed by atoms with Crippen LogP contribution < -0.4 is 5.73 Å². The van der Waals surface area contributed by atoms with Gasteiger partial charge in [0.1, 0.15) is 5.82 Å². The molecule has 3 nitrogen and oxygen atoms in total. The van der Waals surface area contributed by atoms with Crippen molar-refractivity contribution in [1.29, 1.82) is 0 Å². The van der Waals surface area contributed by atoms with Gasteiger partial charge in [-0.2, -0.15) is 0 Å². The van der Waals surface area contributed by atoms with Crippen molar-refractivity contribution in [3.63, 3.8) is 0 Å². The van der Waals surface area contributed by atoms with Gasteiger partial charge in [-0.3, -0.25) is 0 Å². The lowest BCUT2D eigenvalue weighted by atomic mass is 10.1. The molecule has 0 unspecified atom stereocenters. The largest absolute Gasteiger partial charge is 0.398 e. The summed E-state index contributed by atoms with van der Waals surface area (Å²) in [5.41, 5.74) is 7.55. The first-order valence-corrected chi connectivity index (χ1v) is 4.65. The van der Waals surface area contributed by atoms with E-state index in [0.717, 1.165) is 11.4 Å². The second-order valence-electron chi connectivity index (χ2n) is 3.06. The summed E-state index contributed by atoms with van der Waals surface area (Å²) in [6, 6.07) is 5.50. The Balaban J connectivity index is 2.25. The third kappa shape index (κ3) is 1.88. The number of aromatic amines is 1. The maximum absolute atomic E-state index is 5.81. The molecule has 0 spiro atoms. The Bertz CT molecular complexity index is 423. The standard InChI is InChI=1S/C10H10ClN3/c11-8-2-1-7(9(12)6-8)5-10-13-3-4-14-10/h1-4,6H,5,12H2,(H,13,14). The molecule has 14 heavy (non-hydrogen) atoms. The first-order chi connectivity index (χ1) is 6.75. The summed E-state index contributed by atoms with van der Waals surface area (Å²) in [5, 5.41) is 0.658. The van der Waals surface area contributed by atoms with Crippen LogP contribution >= 0.6 is 11.6 Å². The van der Waals surface area contributed by atoms with Gasteiger partial charge in [-0.1, -0.05) is 17.7 Å². The molecule has 0 saturated carbocycles. The predicted molar refractivity (Wildman–Crippen MR) is 57.3 cm³/mol. The molecule has 0 aliphatic carbocycles. The van der Waals surface area contributed by atoms with Crippen LogP contribution in [0.25, 0.3) is 0 Å². The maximum atomic E-state index is 5.81. The number of nitrogens with two attached hydrogens (primary N) is 1. The maximum Gasteiger partial charge on any atom is 0.110 e. The Morgan fingerprint density at radius 1 is 1.43 bits per heavy atom. The first kappa shape index (κ1) is 9.09. The molecular weight excluding hydrogens is 198 g/mol. The second kappa shape index (κ2) is 3.72. The van der Waals surface area contributed by atoms with Crippen molar-refractivity contribution in [2.45, 2.75) is 6.42 Å². The van der Waals surface area contributed by atoms with E-state index in [2.05, 4.69) is 9.97 Å². The number of nitrogens with zero attached hydrogens (tertiary/aromatic N) is 1. The Morgan fingerprint density at radius 3 is 2.93 bits per heavy atom. The van der Waals surface area contributed by atoms with Gasteiger partial charge >= 0.3 is 0 Å². The number of rotatable bonds is 2. The zero-order chi connectivity index (χ0) is 9.97. The lowest BCUT2D eigenvalue weighted by molar-refractivity contribution is 1.03.